The summed E-state index contributed by atoms with van der Waals surface area (Å²) in [6.45, 7) is 1.60. The van der Waals surface area contributed by atoms with Gasteiger partial charge in [-0.1, -0.05) is 17.7 Å². The van der Waals surface area contributed by atoms with Crippen molar-refractivity contribution in [3.05, 3.63) is 33.6 Å². The molecular weight excluding hydrogens is 204 g/mol. The third kappa shape index (κ3) is 2.32. The molecule has 1 aromatic rings. The van der Waals surface area contributed by atoms with Crippen LogP contribution in [0.5, 0.6) is 0 Å². The molecule has 0 atom stereocenters. The Kier molecular flexibility index (Phi) is 2.66. The molecule has 1 aliphatic heterocycles. The monoisotopic (exact) mass is 212 g/mol. The molecule has 4 heteroatoms. The summed E-state index contributed by atoms with van der Waals surface area (Å²) in [5.74, 6) is 0. The first-order chi connectivity index (χ1) is 6.34. The van der Waals surface area contributed by atoms with Crippen LogP contribution in [-0.4, -0.2) is 17.8 Å². The van der Waals surface area contributed by atoms with Crippen LogP contribution in [0.25, 0.3) is 0 Å². The molecule has 0 spiro atoms. The first kappa shape index (κ1) is 8.78. The second-order valence-corrected chi connectivity index (χ2v) is 4.26. The molecule has 13 heavy (non-hydrogen) atoms. The first-order valence-electron chi connectivity index (χ1n) is 3.98. The maximum absolute atomic E-state index is 5.83. The Labute approximate surface area is 86.2 Å². The largest absolute Gasteiger partial charge is 0.352 e. The Morgan fingerprint density at radius 1 is 1.62 bits per heavy atom. The molecular formula is C9H9ClN2S. The maximum Gasteiger partial charge on any atom is 0.110 e. The van der Waals surface area contributed by atoms with E-state index in [1.807, 2.05) is 6.20 Å². The van der Waals surface area contributed by atoms with Crippen molar-refractivity contribution in [2.24, 2.45) is 4.99 Å². The van der Waals surface area contributed by atoms with Crippen LogP contribution in [0.2, 0.25) is 0 Å². The van der Waals surface area contributed by atoms with Crippen LogP contribution in [0.4, 0.5) is 0 Å². The third-order valence-electron chi connectivity index (χ3n) is 1.72. The van der Waals surface area contributed by atoms with Gasteiger partial charge in [-0.15, -0.1) is 11.3 Å². The summed E-state index contributed by atoms with van der Waals surface area (Å²) in [4.78, 5) is 7.55. The number of halogens is 1. The number of hydrogen-bond acceptors (Lipinski definition) is 3. The average molecular weight is 213 g/mol. The summed E-state index contributed by atoms with van der Waals surface area (Å²) in [6.07, 6.45) is 3.61. The van der Waals surface area contributed by atoms with Crippen molar-refractivity contribution in [2.45, 2.75) is 6.54 Å². The van der Waals surface area contributed by atoms with Gasteiger partial charge < -0.3 is 4.90 Å². The van der Waals surface area contributed by atoms with E-state index in [9.17, 15) is 0 Å². The molecule has 2 rings (SSSR count). The summed E-state index contributed by atoms with van der Waals surface area (Å²) in [5.41, 5.74) is 0. The molecule has 0 fully saturated rings. The lowest BCUT2D eigenvalue weighted by Crippen LogP contribution is -2.19. The Bertz CT molecular complexity index is 329. The van der Waals surface area contributed by atoms with Gasteiger partial charge in [0.2, 0.25) is 0 Å². The van der Waals surface area contributed by atoms with Crippen molar-refractivity contribution in [2.75, 3.05) is 6.67 Å². The van der Waals surface area contributed by atoms with Gasteiger partial charge in [0.25, 0.3) is 0 Å². The van der Waals surface area contributed by atoms with Crippen LogP contribution in [0.1, 0.15) is 4.88 Å². The molecule has 0 unspecified atom stereocenters. The average Bonchev–Trinajstić information content (AvgIpc) is 2.57. The molecule has 0 aliphatic carbocycles. The molecule has 1 aromatic heterocycles. The van der Waals surface area contributed by atoms with E-state index in [1.165, 1.54) is 4.88 Å². The lowest BCUT2D eigenvalue weighted by atomic mass is 10.4. The van der Waals surface area contributed by atoms with Gasteiger partial charge in [0.15, 0.2) is 0 Å². The Morgan fingerprint density at radius 3 is 3.23 bits per heavy atom. The SMILES string of the molecule is ClC1=CN(Cc2cccs2)CN=C1. The summed E-state index contributed by atoms with van der Waals surface area (Å²) < 4.78 is 0. The summed E-state index contributed by atoms with van der Waals surface area (Å²) in [5, 5.41) is 2.77. The molecule has 0 N–H and O–H groups in total. The molecule has 1 aliphatic rings. The third-order valence-corrected chi connectivity index (χ3v) is 2.78. The van der Waals surface area contributed by atoms with Crippen LogP contribution in [-0.2, 0) is 6.54 Å². The number of thiophene rings is 1. The van der Waals surface area contributed by atoms with Crippen LogP contribution in [0.15, 0.2) is 33.7 Å². The topological polar surface area (TPSA) is 15.6 Å². The quantitative estimate of drug-likeness (QED) is 0.736. The molecule has 68 valence electrons. The van der Waals surface area contributed by atoms with Crippen molar-refractivity contribution >= 4 is 29.2 Å². The zero-order chi connectivity index (χ0) is 9.10. The van der Waals surface area contributed by atoms with E-state index in [2.05, 4.69) is 27.4 Å². The minimum atomic E-state index is 0.697. The Morgan fingerprint density at radius 2 is 2.54 bits per heavy atom. The van der Waals surface area contributed by atoms with Crippen LogP contribution >= 0.6 is 22.9 Å². The van der Waals surface area contributed by atoms with Crippen LogP contribution in [0, 0.1) is 0 Å². The van der Waals surface area contributed by atoms with Gasteiger partial charge in [0.05, 0.1) is 11.6 Å². The minimum absolute atomic E-state index is 0.697. The van der Waals surface area contributed by atoms with E-state index < -0.39 is 0 Å². The van der Waals surface area contributed by atoms with Crippen molar-refractivity contribution in [3.63, 3.8) is 0 Å². The molecule has 0 bridgehead atoms. The van der Waals surface area contributed by atoms with Gasteiger partial charge in [-0.2, -0.15) is 0 Å². The number of rotatable bonds is 2. The maximum atomic E-state index is 5.83. The predicted molar refractivity (Wildman–Crippen MR) is 57.2 cm³/mol. The first-order valence-corrected chi connectivity index (χ1v) is 5.24. The van der Waals surface area contributed by atoms with Gasteiger partial charge in [0.1, 0.15) is 6.67 Å². The minimum Gasteiger partial charge on any atom is -0.352 e. The summed E-state index contributed by atoms with van der Waals surface area (Å²) >= 11 is 7.58. The highest BCUT2D eigenvalue weighted by molar-refractivity contribution is 7.09. The second-order valence-electron chi connectivity index (χ2n) is 2.79. The molecule has 0 aromatic carbocycles. The number of hydrogen-bond donors (Lipinski definition) is 0. The fourth-order valence-electron chi connectivity index (χ4n) is 1.18. The fourth-order valence-corrected chi connectivity index (χ4v) is 2.12. The van der Waals surface area contributed by atoms with Gasteiger partial charge in [-0.3, -0.25) is 4.99 Å². The zero-order valence-corrected chi connectivity index (χ0v) is 8.55. The Hall–Kier alpha value is -0.800. The smallest absolute Gasteiger partial charge is 0.110 e. The standard InChI is InChI=1S/C9H9ClN2S/c10-8-4-11-7-12(5-8)6-9-2-1-3-13-9/h1-5H,6-7H2. The summed E-state index contributed by atoms with van der Waals surface area (Å²) in [7, 11) is 0. The molecule has 0 amide bonds. The lowest BCUT2D eigenvalue weighted by Gasteiger charge is -2.19. The molecule has 2 nitrogen and oxygen atoms in total. The normalized spacial score (nSPS) is 16.1. The molecule has 2 heterocycles. The van der Waals surface area contributed by atoms with E-state index in [0.29, 0.717) is 11.7 Å². The van der Waals surface area contributed by atoms with Crippen molar-refractivity contribution < 1.29 is 0 Å². The van der Waals surface area contributed by atoms with Gasteiger partial charge in [0, 0.05) is 17.3 Å². The van der Waals surface area contributed by atoms with E-state index >= 15 is 0 Å². The van der Waals surface area contributed by atoms with E-state index in [1.54, 1.807) is 17.6 Å². The number of nitrogens with zero attached hydrogens (tertiary/aromatic N) is 2. The second kappa shape index (κ2) is 3.94. The van der Waals surface area contributed by atoms with Crippen LogP contribution < -0.4 is 0 Å². The Balaban J connectivity index is 2.00. The van der Waals surface area contributed by atoms with Gasteiger partial charge in [-0.25, -0.2) is 0 Å². The van der Waals surface area contributed by atoms with E-state index in [0.717, 1.165) is 6.54 Å². The highest BCUT2D eigenvalue weighted by Gasteiger charge is 2.05. The highest BCUT2D eigenvalue weighted by atomic mass is 35.5. The van der Waals surface area contributed by atoms with Crippen molar-refractivity contribution in [3.8, 4) is 0 Å². The van der Waals surface area contributed by atoms with Crippen LogP contribution in [0.3, 0.4) is 0 Å². The molecule has 0 saturated carbocycles. The highest BCUT2D eigenvalue weighted by Crippen LogP contribution is 2.15. The molecule has 0 saturated heterocycles. The van der Waals surface area contributed by atoms with Gasteiger partial charge in [-0.05, 0) is 11.4 Å². The van der Waals surface area contributed by atoms with Crippen molar-refractivity contribution in [1.82, 2.24) is 4.90 Å². The molecule has 0 radical (unpaired) electrons. The van der Waals surface area contributed by atoms with Crippen molar-refractivity contribution in [1.29, 1.82) is 0 Å². The fraction of sp³-hybridized carbons (Fsp3) is 0.222. The lowest BCUT2D eigenvalue weighted by molar-refractivity contribution is 0.382. The number of aliphatic imine (C=N–C) groups is 1. The predicted octanol–water partition coefficient (Wildman–Crippen LogP) is 2.67. The van der Waals surface area contributed by atoms with Gasteiger partial charge >= 0.3 is 0 Å². The van der Waals surface area contributed by atoms with E-state index in [-0.39, 0.29) is 0 Å². The number of allylic oxidation sites excluding steroid dienone is 1. The summed E-state index contributed by atoms with van der Waals surface area (Å²) in [6, 6.07) is 4.17. The van der Waals surface area contributed by atoms with E-state index in [4.69, 9.17) is 11.6 Å². The zero-order valence-electron chi connectivity index (χ0n) is 6.98.